The number of anilines is 3. The van der Waals surface area contributed by atoms with Crippen LogP contribution in [0.5, 0.6) is 11.6 Å². The summed E-state index contributed by atoms with van der Waals surface area (Å²) < 4.78 is 7.75. The summed E-state index contributed by atoms with van der Waals surface area (Å²) >= 11 is 0. The second kappa shape index (κ2) is 8.20. The third-order valence-electron chi connectivity index (χ3n) is 4.90. The van der Waals surface area contributed by atoms with Gasteiger partial charge in [0.2, 0.25) is 5.88 Å². The van der Waals surface area contributed by atoms with Crippen molar-refractivity contribution >= 4 is 28.4 Å². The molecule has 0 saturated carbocycles. The van der Waals surface area contributed by atoms with E-state index in [1.807, 2.05) is 50.3 Å². The maximum absolute atomic E-state index is 9.39. The van der Waals surface area contributed by atoms with Gasteiger partial charge >= 0.3 is 0 Å². The second-order valence-electron chi connectivity index (χ2n) is 7.25. The topological polar surface area (TPSA) is 129 Å². The number of hydrogen-bond acceptors (Lipinski definition) is 9. The minimum atomic E-state index is 0.0574. The number of imidazole rings is 1. The van der Waals surface area contributed by atoms with Crippen molar-refractivity contribution in [1.29, 1.82) is 10.5 Å². The first-order valence-corrected chi connectivity index (χ1v) is 9.61. The van der Waals surface area contributed by atoms with Crippen molar-refractivity contribution in [3.05, 3.63) is 53.7 Å². The molecule has 4 aromatic rings. The molecule has 0 bridgehead atoms. The lowest BCUT2D eigenvalue weighted by Crippen LogP contribution is -2.09. The Balaban J connectivity index is 1.74. The zero-order chi connectivity index (χ0) is 22.8. The Hall–Kier alpha value is -4.70. The first-order chi connectivity index (χ1) is 15.4. The minimum absolute atomic E-state index is 0.0574. The van der Waals surface area contributed by atoms with Crippen molar-refractivity contribution in [2.75, 3.05) is 24.3 Å². The van der Waals surface area contributed by atoms with Gasteiger partial charge in [0.1, 0.15) is 23.5 Å². The lowest BCUT2D eigenvalue weighted by molar-refractivity contribution is 0.458. The van der Waals surface area contributed by atoms with Crippen LogP contribution in [0.3, 0.4) is 0 Å². The highest BCUT2D eigenvalue weighted by molar-refractivity contribution is 5.88. The zero-order valence-electron chi connectivity index (χ0n) is 18.0. The van der Waals surface area contributed by atoms with Gasteiger partial charge in [-0.15, -0.1) is 0 Å². The third kappa shape index (κ3) is 3.73. The number of aryl methyl sites for hydroxylation is 1. The molecule has 158 valence electrons. The van der Waals surface area contributed by atoms with E-state index in [1.54, 1.807) is 30.1 Å². The molecular formula is C22H19N9O. The summed E-state index contributed by atoms with van der Waals surface area (Å²) in [5, 5.41) is 21.8. The largest absolute Gasteiger partial charge is 0.437 e. The molecule has 0 fully saturated rings. The van der Waals surface area contributed by atoms with Crippen LogP contribution in [-0.2, 0) is 7.05 Å². The molecule has 0 aliphatic rings. The molecule has 0 unspecified atom stereocenters. The zero-order valence-corrected chi connectivity index (χ0v) is 18.0. The number of nitriles is 2. The van der Waals surface area contributed by atoms with Gasteiger partial charge in [-0.2, -0.15) is 15.5 Å². The average Bonchev–Trinajstić information content (AvgIpc) is 3.16. The molecule has 10 nitrogen and oxygen atoms in total. The van der Waals surface area contributed by atoms with Crippen molar-refractivity contribution in [3.8, 4) is 23.8 Å². The smallest absolute Gasteiger partial charge is 0.223 e. The number of pyridine rings is 3. The van der Waals surface area contributed by atoms with Crippen molar-refractivity contribution in [3.63, 3.8) is 0 Å². The Morgan fingerprint density at radius 2 is 1.91 bits per heavy atom. The summed E-state index contributed by atoms with van der Waals surface area (Å²) in [5.74, 6) is 1.27. The fourth-order valence-electron chi connectivity index (χ4n) is 3.11. The molecule has 0 spiro atoms. The van der Waals surface area contributed by atoms with Crippen LogP contribution in [0.1, 0.15) is 16.8 Å². The number of nitrogens with one attached hydrogen (secondary N) is 1. The SMILES string of the molecule is Cc1c(Oc2cc(Nc3ccc(N(C)C)cn3)c3ncn(C)c3n2)cnc(C#N)c1C#N. The Labute approximate surface area is 184 Å². The molecule has 10 heteroatoms. The van der Waals surface area contributed by atoms with Gasteiger partial charge in [-0.05, 0) is 19.1 Å². The standard InChI is InChI=1S/C22H19N9O/c1-13-15(8-23)17(9-24)25-11-18(13)32-20-7-16(21-22(29-20)31(4)12-27-21)28-19-6-5-14(10-26-19)30(2)3/h5-7,10-12H,1-4H3,(H,26,28,29). The van der Waals surface area contributed by atoms with Crippen LogP contribution >= 0.6 is 0 Å². The quantitative estimate of drug-likeness (QED) is 0.511. The van der Waals surface area contributed by atoms with Crippen molar-refractivity contribution < 1.29 is 4.74 Å². The number of aromatic nitrogens is 5. The van der Waals surface area contributed by atoms with Crippen molar-refractivity contribution in [2.24, 2.45) is 7.05 Å². The summed E-state index contributed by atoms with van der Waals surface area (Å²) in [7, 11) is 5.74. The molecule has 32 heavy (non-hydrogen) atoms. The fourth-order valence-corrected chi connectivity index (χ4v) is 3.11. The van der Waals surface area contributed by atoms with E-state index in [2.05, 4.69) is 25.3 Å². The van der Waals surface area contributed by atoms with Gasteiger partial charge in [-0.25, -0.2) is 15.0 Å². The van der Waals surface area contributed by atoms with Crippen LogP contribution in [-0.4, -0.2) is 38.6 Å². The van der Waals surface area contributed by atoms with E-state index in [0.29, 0.717) is 34.0 Å². The van der Waals surface area contributed by atoms with Crippen LogP contribution in [0.4, 0.5) is 17.2 Å². The highest BCUT2D eigenvalue weighted by atomic mass is 16.5. The van der Waals surface area contributed by atoms with Crippen LogP contribution in [0.2, 0.25) is 0 Å². The van der Waals surface area contributed by atoms with Crippen molar-refractivity contribution in [1.82, 2.24) is 24.5 Å². The van der Waals surface area contributed by atoms with E-state index in [-0.39, 0.29) is 17.1 Å². The van der Waals surface area contributed by atoms with Gasteiger partial charge in [0.15, 0.2) is 17.1 Å². The van der Waals surface area contributed by atoms with Gasteiger partial charge < -0.3 is 19.5 Å². The summed E-state index contributed by atoms with van der Waals surface area (Å²) in [6.07, 6.45) is 4.85. The Morgan fingerprint density at radius 3 is 2.56 bits per heavy atom. The van der Waals surface area contributed by atoms with E-state index in [9.17, 15) is 5.26 Å². The lowest BCUT2D eigenvalue weighted by atomic mass is 10.1. The number of ether oxygens (including phenoxy) is 1. The van der Waals surface area contributed by atoms with E-state index < -0.39 is 0 Å². The van der Waals surface area contributed by atoms with E-state index in [0.717, 1.165) is 5.69 Å². The summed E-state index contributed by atoms with van der Waals surface area (Å²) in [6.45, 7) is 1.70. The Bertz CT molecular complexity index is 1390. The first-order valence-electron chi connectivity index (χ1n) is 9.61. The maximum Gasteiger partial charge on any atom is 0.223 e. The predicted octanol–water partition coefficient (Wildman–Crippen LogP) is 3.41. The average molecular weight is 425 g/mol. The predicted molar refractivity (Wildman–Crippen MR) is 119 cm³/mol. The molecule has 4 heterocycles. The summed E-state index contributed by atoms with van der Waals surface area (Å²) in [5.41, 5.74) is 3.66. The fraction of sp³-hybridized carbons (Fsp3) is 0.182. The number of fused-ring (bicyclic) bond motifs is 1. The van der Waals surface area contributed by atoms with Gasteiger partial charge in [0.05, 0.1) is 35.7 Å². The third-order valence-corrected chi connectivity index (χ3v) is 4.90. The van der Waals surface area contributed by atoms with Crippen LogP contribution < -0.4 is 15.0 Å². The van der Waals surface area contributed by atoms with Crippen LogP contribution in [0, 0.1) is 29.6 Å². The number of nitrogens with zero attached hydrogens (tertiary/aromatic N) is 8. The molecule has 4 rings (SSSR count). The molecule has 0 atom stereocenters. The molecule has 1 N–H and O–H groups in total. The molecule has 4 aromatic heterocycles. The van der Waals surface area contributed by atoms with E-state index in [4.69, 9.17) is 10.00 Å². The van der Waals surface area contributed by atoms with Gasteiger partial charge in [0, 0.05) is 32.8 Å². The van der Waals surface area contributed by atoms with Crippen LogP contribution in [0.25, 0.3) is 11.2 Å². The Morgan fingerprint density at radius 1 is 1.09 bits per heavy atom. The van der Waals surface area contributed by atoms with Crippen molar-refractivity contribution in [2.45, 2.75) is 6.92 Å². The molecule has 0 saturated heterocycles. The minimum Gasteiger partial charge on any atom is -0.437 e. The Kier molecular flexibility index (Phi) is 5.27. The van der Waals surface area contributed by atoms with E-state index in [1.165, 1.54) is 6.20 Å². The highest BCUT2D eigenvalue weighted by Gasteiger charge is 2.16. The summed E-state index contributed by atoms with van der Waals surface area (Å²) in [6, 6.07) is 9.47. The van der Waals surface area contributed by atoms with Gasteiger partial charge in [-0.1, -0.05) is 0 Å². The molecule has 0 aliphatic heterocycles. The number of hydrogen-bond donors (Lipinski definition) is 1. The maximum atomic E-state index is 9.39. The van der Waals surface area contributed by atoms with Crippen LogP contribution in [0.15, 0.2) is 36.9 Å². The van der Waals surface area contributed by atoms with E-state index >= 15 is 0 Å². The molecular weight excluding hydrogens is 406 g/mol. The summed E-state index contributed by atoms with van der Waals surface area (Å²) in [4.78, 5) is 19.4. The molecule has 0 amide bonds. The van der Waals surface area contributed by atoms with Gasteiger partial charge in [-0.3, -0.25) is 0 Å². The second-order valence-corrected chi connectivity index (χ2v) is 7.25. The molecule has 0 aromatic carbocycles. The molecule has 0 aliphatic carbocycles. The highest BCUT2D eigenvalue weighted by Crippen LogP contribution is 2.32. The number of rotatable bonds is 5. The first kappa shape index (κ1) is 20.6. The van der Waals surface area contributed by atoms with Gasteiger partial charge in [0.25, 0.3) is 0 Å². The monoisotopic (exact) mass is 425 g/mol. The normalized spacial score (nSPS) is 10.4. The molecule has 0 radical (unpaired) electrons. The lowest BCUT2D eigenvalue weighted by Gasteiger charge is -2.14.